The van der Waals surface area contributed by atoms with Crippen LogP contribution in [0.3, 0.4) is 0 Å². The number of hydrogen-bond acceptors (Lipinski definition) is 4. The lowest BCUT2D eigenvalue weighted by Gasteiger charge is -2.29. The van der Waals surface area contributed by atoms with Crippen molar-refractivity contribution in [2.45, 2.75) is 0 Å². The van der Waals surface area contributed by atoms with Gasteiger partial charge in [0, 0.05) is 0 Å². The number of benzene rings is 1. The predicted molar refractivity (Wildman–Crippen MR) is 90.2 cm³/mol. The van der Waals surface area contributed by atoms with Crippen molar-refractivity contribution < 1.29 is 4.57 Å². The number of aromatic nitrogens is 3. The van der Waals surface area contributed by atoms with E-state index in [-0.39, 0.29) is 5.95 Å². The summed E-state index contributed by atoms with van der Waals surface area (Å²) in [5.41, 5.74) is 6.93. The molecule has 7 nitrogen and oxygen atoms in total. The second-order valence-corrected chi connectivity index (χ2v) is 8.17. The summed E-state index contributed by atoms with van der Waals surface area (Å²) in [5.74, 6) is 0.545. The van der Waals surface area contributed by atoms with E-state index in [1.807, 2.05) is 36.4 Å². The van der Waals surface area contributed by atoms with Crippen LogP contribution in [0.15, 0.2) is 30.3 Å². The van der Waals surface area contributed by atoms with Gasteiger partial charge >= 0.3 is 7.59 Å². The average molecular weight is 320 g/mol. The highest BCUT2D eigenvalue weighted by Crippen LogP contribution is 2.51. The fourth-order valence-electron chi connectivity index (χ4n) is 2.03. The maximum absolute atomic E-state index is 13.1. The molecule has 0 fully saturated rings. The van der Waals surface area contributed by atoms with Gasteiger partial charge in [0.05, 0.1) is 0 Å². The Hall–Kier alpha value is -1.95. The van der Waals surface area contributed by atoms with Gasteiger partial charge in [-0.2, -0.15) is 9.44 Å². The molecule has 0 radical (unpaired) electrons. The van der Waals surface area contributed by atoms with Gasteiger partial charge in [0.1, 0.15) is 0 Å². The van der Waals surface area contributed by atoms with E-state index in [9.17, 15) is 4.57 Å². The van der Waals surface area contributed by atoms with Crippen molar-refractivity contribution in [1.82, 2.24) is 23.9 Å². The zero-order valence-corrected chi connectivity index (χ0v) is 14.1. The minimum atomic E-state index is -3.08. The highest BCUT2D eigenvalue weighted by molar-refractivity contribution is 7.57. The fraction of sp³-hybridized carbons (Fsp3) is 0.286. The smallest absolute Gasteiger partial charge is 0.332 e. The van der Waals surface area contributed by atoms with E-state index < -0.39 is 7.59 Å². The molecule has 8 heteroatoms. The number of hydrogen-bond donors (Lipinski definition) is 1. The molecule has 1 aromatic carbocycles. The van der Waals surface area contributed by atoms with Crippen LogP contribution >= 0.6 is 7.59 Å². The molecule has 2 rings (SSSR count). The third kappa shape index (κ3) is 3.11. The summed E-state index contributed by atoms with van der Waals surface area (Å²) in [7, 11) is 3.82. The molecule has 0 saturated heterocycles. The van der Waals surface area contributed by atoms with Crippen LogP contribution in [0.2, 0.25) is 0 Å². The Morgan fingerprint density at radius 1 is 1.09 bits per heavy atom. The van der Waals surface area contributed by atoms with Crippen molar-refractivity contribution in [1.29, 1.82) is 0 Å². The maximum Gasteiger partial charge on any atom is 0.332 e. The summed E-state index contributed by atoms with van der Waals surface area (Å²) in [6.45, 7) is 0. The molecule has 0 saturated carbocycles. The van der Waals surface area contributed by atoms with Gasteiger partial charge in [-0.05, 0) is 39.8 Å². The first kappa shape index (κ1) is 16.4. The minimum Gasteiger partial charge on any atom is -0.368 e. The Kier molecular flexibility index (Phi) is 4.81. The van der Waals surface area contributed by atoms with Gasteiger partial charge in [-0.3, -0.25) is 4.57 Å². The van der Waals surface area contributed by atoms with E-state index in [4.69, 9.17) is 5.73 Å². The molecule has 22 heavy (non-hydrogen) atoms. The second kappa shape index (κ2) is 6.44. The van der Waals surface area contributed by atoms with E-state index >= 15 is 0 Å². The number of rotatable bonds is 5. The quantitative estimate of drug-likeness (QED) is 0.850. The van der Waals surface area contributed by atoms with E-state index in [2.05, 4.69) is 10.1 Å². The standard InChI is InChI=1S/C14H21N6OP/c1-18(2)22(21,19(3)4)20-14(15)16-13(17-20)11-10-12-8-6-5-7-9-12/h5-11H,1-4H3,(H2,15,16,17)/b11-10+. The number of nitrogens with zero attached hydrogens (tertiary/aromatic N) is 5. The molecule has 2 N–H and O–H groups in total. The van der Waals surface area contributed by atoms with Crippen LogP contribution in [0, 0.1) is 0 Å². The average Bonchev–Trinajstić information content (AvgIpc) is 2.86. The largest absolute Gasteiger partial charge is 0.368 e. The van der Waals surface area contributed by atoms with Crippen LogP contribution in [0.1, 0.15) is 11.4 Å². The third-order valence-electron chi connectivity index (χ3n) is 3.14. The summed E-state index contributed by atoms with van der Waals surface area (Å²) in [5, 5.41) is 4.29. The van der Waals surface area contributed by atoms with E-state index in [0.717, 1.165) is 5.56 Å². The molecule has 0 aliphatic rings. The Morgan fingerprint density at radius 3 is 2.23 bits per heavy atom. The van der Waals surface area contributed by atoms with E-state index in [0.29, 0.717) is 5.82 Å². The molecule has 0 unspecified atom stereocenters. The van der Waals surface area contributed by atoms with Gasteiger partial charge in [0.25, 0.3) is 0 Å². The predicted octanol–water partition coefficient (Wildman–Crippen LogP) is 2.11. The molecule has 0 bridgehead atoms. The Morgan fingerprint density at radius 2 is 1.68 bits per heavy atom. The molecule has 2 aromatic rings. The zero-order valence-electron chi connectivity index (χ0n) is 13.2. The monoisotopic (exact) mass is 320 g/mol. The molecular weight excluding hydrogens is 299 g/mol. The lowest BCUT2D eigenvalue weighted by molar-refractivity contribution is 0.431. The van der Waals surface area contributed by atoms with Crippen molar-refractivity contribution >= 4 is 25.7 Å². The molecule has 118 valence electrons. The Bertz CT molecular complexity index is 695. The van der Waals surface area contributed by atoms with Crippen molar-refractivity contribution in [3.8, 4) is 0 Å². The maximum atomic E-state index is 13.1. The van der Waals surface area contributed by atoms with Gasteiger partial charge in [0.15, 0.2) is 5.82 Å². The normalized spacial score (nSPS) is 12.6. The van der Waals surface area contributed by atoms with Gasteiger partial charge in [-0.1, -0.05) is 36.4 Å². The van der Waals surface area contributed by atoms with Crippen LogP contribution in [0.5, 0.6) is 0 Å². The summed E-state index contributed by atoms with van der Waals surface area (Å²) < 4.78 is 17.6. The first-order valence-corrected chi connectivity index (χ1v) is 8.34. The number of nitrogens with two attached hydrogens (primary N) is 1. The first-order valence-electron chi connectivity index (χ1n) is 6.78. The first-order chi connectivity index (χ1) is 10.4. The van der Waals surface area contributed by atoms with Crippen molar-refractivity contribution in [3.63, 3.8) is 0 Å². The third-order valence-corrected chi connectivity index (χ3v) is 6.02. The van der Waals surface area contributed by atoms with Gasteiger partial charge in [0.2, 0.25) is 5.95 Å². The lowest BCUT2D eigenvalue weighted by Crippen LogP contribution is -2.27. The highest BCUT2D eigenvalue weighted by atomic mass is 31.2. The molecule has 0 atom stereocenters. The van der Waals surface area contributed by atoms with Crippen LogP contribution in [-0.2, 0) is 4.57 Å². The van der Waals surface area contributed by atoms with Gasteiger partial charge < -0.3 is 5.73 Å². The summed E-state index contributed by atoms with van der Waals surface area (Å²) in [4.78, 5) is 4.17. The Balaban J connectivity index is 2.36. The zero-order chi connectivity index (χ0) is 16.3. The molecule has 0 amide bonds. The van der Waals surface area contributed by atoms with Crippen LogP contribution in [0.25, 0.3) is 12.2 Å². The molecule has 0 aliphatic heterocycles. The molecule has 1 heterocycles. The molecule has 1 aromatic heterocycles. The fourth-order valence-corrected chi connectivity index (χ4v) is 3.94. The van der Waals surface area contributed by atoms with Crippen molar-refractivity contribution in [3.05, 3.63) is 41.7 Å². The number of nitrogen functional groups attached to an aromatic ring is 1. The molecule has 0 aliphatic carbocycles. The van der Waals surface area contributed by atoms with Crippen LogP contribution in [0.4, 0.5) is 5.95 Å². The van der Waals surface area contributed by atoms with E-state index in [1.54, 1.807) is 43.6 Å². The summed E-state index contributed by atoms with van der Waals surface area (Å²) in [6.07, 6.45) is 3.63. The topological polar surface area (TPSA) is 80.3 Å². The summed E-state index contributed by atoms with van der Waals surface area (Å²) in [6, 6.07) is 9.80. The van der Waals surface area contributed by atoms with Crippen molar-refractivity contribution in [2.24, 2.45) is 0 Å². The highest BCUT2D eigenvalue weighted by Gasteiger charge is 2.34. The Labute approximate surface area is 130 Å². The van der Waals surface area contributed by atoms with Crippen molar-refractivity contribution in [2.75, 3.05) is 33.9 Å². The second-order valence-electron chi connectivity index (χ2n) is 5.17. The SMILES string of the molecule is CN(C)P(=O)(N(C)C)n1nc(/C=C/c2ccccc2)nc1N. The van der Waals surface area contributed by atoms with Crippen LogP contribution in [-0.4, -0.2) is 52.1 Å². The molecule has 0 spiro atoms. The number of anilines is 1. The molecular formula is C14H21N6OP. The van der Waals surface area contributed by atoms with Gasteiger partial charge in [-0.15, -0.1) is 5.10 Å². The lowest BCUT2D eigenvalue weighted by atomic mass is 10.2. The van der Waals surface area contributed by atoms with Gasteiger partial charge in [-0.25, -0.2) is 9.34 Å². The minimum absolute atomic E-state index is 0.124. The van der Waals surface area contributed by atoms with E-state index in [1.165, 1.54) is 4.45 Å². The van der Waals surface area contributed by atoms with Crippen LogP contribution < -0.4 is 5.73 Å². The summed E-state index contributed by atoms with van der Waals surface area (Å²) >= 11 is 0.